The zero-order valence-electron chi connectivity index (χ0n) is 25.9. The average molecular weight is 645 g/mol. The third-order valence-corrected chi connectivity index (χ3v) is 8.55. The van der Waals surface area contributed by atoms with Crippen LogP contribution in [0.5, 0.6) is 34.5 Å². The minimum absolute atomic E-state index is 0.167. The molecular formula is C34H32N2O9S. The van der Waals surface area contributed by atoms with E-state index in [1.165, 1.54) is 23.0 Å². The number of nitrogens with zero attached hydrogens (tertiary/aromatic N) is 2. The third kappa shape index (κ3) is 5.79. The van der Waals surface area contributed by atoms with Crippen molar-refractivity contribution in [1.29, 1.82) is 0 Å². The second-order valence-corrected chi connectivity index (χ2v) is 11.3. The molecule has 46 heavy (non-hydrogen) atoms. The number of fused-ring (bicyclic) bond motifs is 2. The van der Waals surface area contributed by atoms with Gasteiger partial charge in [-0.05, 0) is 73.5 Å². The first-order valence-electron chi connectivity index (χ1n) is 14.5. The van der Waals surface area contributed by atoms with Crippen LogP contribution in [0.4, 0.5) is 0 Å². The molecule has 0 spiro atoms. The number of hydrogen-bond donors (Lipinski definition) is 0. The maximum Gasteiger partial charge on any atom is 0.338 e. The Labute approximate surface area is 268 Å². The summed E-state index contributed by atoms with van der Waals surface area (Å²) in [5.41, 5.74) is 2.57. The highest BCUT2D eigenvalue weighted by Crippen LogP contribution is 2.38. The van der Waals surface area contributed by atoms with Crippen molar-refractivity contribution in [3.05, 3.63) is 102 Å². The molecule has 0 radical (unpaired) electrons. The summed E-state index contributed by atoms with van der Waals surface area (Å²) < 4.78 is 41.0. The minimum Gasteiger partial charge on any atom is -0.497 e. The van der Waals surface area contributed by atoms with Crippen LogP contribution in [0.15, 0.2) is 75.7 Å². The van der Waals surface area contributed by atoms with Crippen LogP contribution in [0.25, 0.3) is 6.08 Å². The molecule has 0 saturated heterocycles. The first-order valence-corrected chi connectivity index (χ1v) is 15.3. The SMILES string of the molecule is CCOC(=O)C1=C(C)N=c2s/c(=C\c3ccc(OCc4ccc5c(c4)OCO5)c(OC)c3)c(=O)n2C1c1cc(OC)ccc1OC. The van der Waals surface area contributed by atoms with E-state index in [1.54, 1.807) is 64.5 Å². The van der Waals surface area contributed by atoms with Crippen LogP contribution in [-0.4, -0.2) is 45.3 Å². The van der Waals surface area contributed by atoms with Gasteiger partial charge in [-0.2, -0.15) is 0 Å². The summed E-state index contributed by atoms with van der Waals surface area (Å²) >= 11 is 1.22. The molecule has 3 heterocycles. The summed E-state index contributed by atoms with van der Waals surface area (Å²) in [6, 6.07) is 15.5. The summed E-state index contributed by atoms with van der Waals surface area (Å²) in [6.45, 7) is 4.12. The van der Waals surface area contributed by atoms with Gasteiger partial charge in [-0.1, -0.05) is 23.5 Å². The standard InChI is InChI=1S/C34H32N2O9S/c1-6-42-33(38)30-19(2)35-34-36(31(30)23-16-22(39-3)9-12-24(23)40-4)32(37)29(46-34)15-20-7-10-25(27(13-20)41-5)43-17-21-8-11-26-28(14-21)45-18-44-26/h7-16,31H,6,17-18H2,1-5H3/b29-15-. The van der Waals surface area contributed by atoms with E-state index in [1.807, 2.05) is 24.3 Å². The van der Waals surface area contributed by atoms with Gasteiger partial charge in [-0.3, -0.25) is 9.36 Å². The molecule has 0 bridgehead atoms. The van der Waals surface area contributed by atoms with Crippen molar-refractivity contribution in [3.8, 4) is 34.5 Å². The number of aromatic nitrogens is 1. The quantitative estimate of drug-likeness (QED) is 0.235. The summed E-state index contributed by atoms with van der Waals surface area (Å²) in [6.07, 6.45) is 1.76. The molecular weight excluding hydrogens is 612 g/mol. The van der Waals surface area contributed by atoms with Crippen molar-refractivity contribution in [2.45, 2.75) is 26.5 Å². The fraction of sp³-hybridized carbons (Fsp3) is 0.265. The van der Waals surface area contributed by atoms with Crippen LogP contribution in [0, 0.1) is 0 Å². The van der Waals surface area contributed by atoms with Crippen molar-refractivity contribution < 1.29 is 38.0 Å². The highest BCUT2D eigenvalue weighted by atomic mass is 32.1. The van der Waals surface area contributed by atoms with Crippen LogP contribution in [0.2, 0.25) is 0 Å². The van der Waals surface area contributed by atoms with E-state index in [2.05, 4.69) is 4.99 Å². The normalized spacial score (nSPS) is 15.2. The lowest BCUT2D eigenvalue weighted by Crippen LogP contribution is -2.40. The Bertz CT molecular complexity index is 2030. The van der Waals surface area contributed by atoms with Crippen molar-refractivity contribution in [2.75, 3.05) is 34.7 Å². The molecule has 11 nitrogen and oxygen atoms in total. The molecule has 4 aromatic rings. The predicted octanol–water partition coefficient (Wildman–Crippen LogP) is 4.13. The van der Waals surface area contributed by atoms with Gasteiger partial charge in [0.25, 0.3) is 5.56 Å². The number of hydrogen-bond acceptors (Lipinski definition) is 11. The molecule has 6 rings (SSSR count). The van der Waals surface area contributed by atoms with Crippen LogP contribution < -0.4 is 43.3 Å². The van der Waals surface area contributed by atoms with Gasteiger partial charge in [0, 0.05) is 5.56 Å². The smallest absolute Gasteiger partial charge is 0.338 e. The van der Waals surface area contributed by atoms with E-state index in [0.29, 0.717) is 61.7 Å². The van der Waals surface area contributed by atoms with Crippen LogP contribution >= 0.6 is 11.3 Å². The van der Waals surface area contributed by atoms with Crippen LogP contribution in [0.1, 0.15) is 36.6 Å². The Morgan fingerprint density at radius 2 is 1.76 bits per heavy atom. The Balaban J connectivity index is 1.38. The van der Waals surface area contributed by atoms with Gasteiger partial charge >= 0.3 is 5.97 Å². The highest BCUT2D eigenvalue weighted by molar-refractivity contribution is 7.07. The number of esters is 1. The average Bonchev–Trinajstić information content (AvgIpc) is 3.66. The summed E-state index contributed by atoms with van der Waals surface area (Å²) in [5, 5.41) is 0. The number of rotatable bonds is 10. The Morgan fingerprint density at radius 1 is 0.978 bits per heavy atom. The van der Waals surface area contributed by atoms with E-state index in [4.69, 9.17) is 33.2 Å². The predicted molar refractivity (Wildman–Crippen MR) is 170 cm³/mol. The summed E-state index contributed by atoms with van der Waals surface area (Å²) in [4.78, 5) is 32.5. The molecule has 2 aliphatic rings. The Kier molecular flexibility index (Phi) is 8.71. The number of allylic oxidation sites excluding steroid dienone is 1. The molecule has 0 N–H and O–H groups in total. The van der Waals surface area contributed by atoms with Gasteiger partial charge in [0.1, 0.15) is 24.1 Å². The van der Waals surface area contributed by atoms with E-state index in [9.17, 15) is 9.59 Å². The number of carbonyl (C=O) groups is 1. The Hall–Kier alpha value is -5.23. The third-order valence-electron chi connectivity index (χ3n) is 7.57. The molecule has 0 fully saturated rings. The number of thiazole rings is 1. The monoisotopic (exact) mass is 644 g/mol. The lowest BCUT2D eigenvalue weighted by atomic mass is 9.94. The van der Waals surface area contributed by atoms with Crippen molar-refractivity contribution in [2.24, 2.45) is 4.99 Å². The topological polar surface area (TPSA) is 116 Å². The van der Waals surface area contributed by atoms with E-state index >= 15 is 0 Å². The first kappa shape index (κ1) is 30.8. The number of methoxy groups -OCH3 is 3. The van der Waals surface area contributed by atoms with Gasteiger partial charge in [-0.25, -0.2) is 9.79 Å². The van der Waals surface area contributed by atoms with Crippen molar-refractivity contribution in [3.63, 3.8) is 0 Å². The minimum atomic E-state index is -0.857. The lowest BCUT2D eigenvalue weighted by molar-refractivity contribution is -0.139. The van der Waals surface area contributed by atoms with Crippen LogP contribution in [-0.2, 0) is 16.1 Å². The Morgan fingerprint density at radius 3 is 2.52 bits per heavy atom. The van der Waals surface area contributed by atoms with E-state index in [-0.39, 0.29) is 24.5 Å². The maximum atomic E-state index is 14.1. The summed E-state index contributed by atoms with van der Waals surface area (Å²) in [7, 11) is 4.64. The van der Waals surface area contributed by atoms with Gasteiger partial charge in [0.15, 0.2) is 27.8 Å². The molecule has 0 aliphatic carbocycles. The molecule has 2 aliphatic heterocycles. The van der Waals surface area contributed by atoms with Gasteiger partial charge < -0.3 is 33.2 Å². The highest BCUT2D eigenvalue weighted by Gasteiger charge is 2.35. The lowest BCUT2D eigenvalue weighted by Gasteiger charge is -2.26. The van der Waals surface area contributed by atoms with Crippen LogP contribution in [0.3, 0.4) is 0 Å². The van der Waals surface area contributed by atoms with Crippen molar-refractivity contribution >= 4 is 23.4 Å². The fourth-order valence-electron chi connectivity index (χ4n) is 5.38. The molecule has 3 aromatic carbocycles. The van der Waals surface area contributed by atoms with E-state index < -0.39 is 12.0 Å². The zero-order valence-corrected chi connectivity index (χ0v) is 26.8. The second kappa shape index (κ2) is 13.0. The summed E-state index contributed by atoms with van der Waals surface area (Å²) in [5.74, 6) is 2.90. The molecule has 1 unspecified atom stereocenters. The molecule has 0 amide bonds. The number of benzene rings is 3. The van der Waals surface area contributed by atoms with Crippen molar-refractivity contribution in [1.82, 2.24) is 4.57 Å². The zero-order chi connectivity index (χ0) is 32.4. The number of ether oxygens (including phenoxy) is 7. The second-order valence-electron chi connectivity index (χ2n) is 10.3. The largest absolute Gasteiger partial charge is 0.497 e. The van der Waals surface area contributed by atoms with Gasteiger partial charge in [-0.15, -0.1) is 0 Å². The van der Waals surface area contributed by atoms with Gasteiger partial charge in [0.2, 0.25) is 6.79 Å². The molecule has 12 heteroatoms. The molecule has 1 aromatic heterocycles. The fourth-order valence-corrected chi connectivity index (χ4v) is 6.42. The molecule has 0 saturated carbocycles. The van der Waals surface area contributed by atoms with Gasteiger partial charge in [0.05, 0.1) is 43.7 Å². The number of carbonyl (C=O) groups excluding carboxylic acids is 1. The van der Waals surface area contributed by atoms with E-state index in [0.717, 1.165) is 11.1 Å². The maximum absolute atomic E-state index is 14.1. The molecule has 1 atom stereocenters. The first-order chi connectivity index (χ1) is 22.3. The molecule has 238 valence electrons.